The molecule has 3 N–H and O–H groups in total. The predicted octanol–water partition coefficient (Wildman–Crippen LogP) is 2.80. The summed E-state index contributed by atoms with van der Waals surface area (Å²) in [5, 5.41) is 7.46. The van der Waals surface area contributed by atoms with E-state index in [1.165, 1.54) is 6.20 Å². The van der Waals surface area contributed by atoms with Crippen molar-refractivity contribution in [3.8, 4) is 11.1 Å². The van der Waals surface area contributed by atoms with Gasteiger partial charge in [0.15, 0.2) is 0 Å². The number of primary amides is 1. The van der Waals surface area contributed by atoms with Crippen LogP contribution in [0.25, 0.3) is 16.6 Å². The lowest BCUT2D eigenvalue weighted by molar-refractivity contribution is 0.100. The van der Waals surface area contributed by atoms with Crippen LogP contribution in [0.4, 0.5) is 10.1 Å². The van der Waals surface area contributed by atoms with Gasteiger partial charge in [0.2, 0.25) is 0 Å². The maximum absolute atomic E-state index is 14.1. The normalized spacial score (nSPS) is 20.0. The number of fused-ring (bicyclic) bond motifs is 1. The molecule has 0 radical (unpaired) electrons. The van der Waals surface area contributed by atoms with E-state index in [0.29, 0.717) is 17.6 Å². The molecule has 0 saturated heterocycles. The summed E-state index contributed by atoms with van der Waals surface area (Å²) >= 11 is 0. The Labute approximate surface area is 143 Å². The van der Waals surface area contributed by atoms with E-state index < -0.39 is 12.1 Å². The maximum Gasteiger partial charge on any atom is 0.252 e. The predicted molar refractivity (Wildman–Crippen MR) is 93.1 cm³/mol. The molecule has 3 heterocycles. The number of pyridine rings is 1. The minimum Gasteiger partial charge on any atom is -0.377 e. The van der Waals surface area contributed by atoms with Crippen LogP contribution in [-0.4, -0.2) is 32.7 Å². The van der Waals surface area contributed by atoms with Crippen molar-refractivity contribution in [3.63, 3.8) is 0 Å². The Balaban J connectivity index is 1.83. The van der Waals surface area contributed by atoms with Gasteiger partial charge in [-0.05, 0) is 31.4 Å². The summed E-state index contributed by atoms with van der Waals surface area (Å²) in [5.41, 5.74) is 8.83. The van der Waals surface area contributed by atoms with Gasteiger partial charge in [-0.1, -0.05) is 6.07 Å². The summed E-state index contributed by atoms with van der Waals surface area (Å²) in [7, 11) is 0. The molecule has 0 aromatic carbocycles. The molecule has 0 unspecified atom stereocenters. The number of anilines is 1. The molecule has 6 nitrogen and oxygen atoms in total. The van der Waals surface area contributed by atoms with Gasteiger partial charge in [0, 0.05) is 29.7 Å². The van der Waals surface area contributed by atoms with E-state index in [0.717, 1.165) is 24.0 Å². The quantitative estimate of drug-likeness (QED) is 0.765. The van der Waals surface area contributed by atoms with Gasteiger partial charge < -0.3 is 11.1 Å². The summed E-state index contributed by atoms with van der Waals surface area (Å²) in [6.07, 6.45) is 7.89. The summed E-state index contributed by atoms with van der Waals surface area (Å²) in [6, 6.07) is 5.38. The molecule has 0 bridgehead atoms. The van der Waals surface area contributed by atoms with E-state index in [9.17, 15) is 9.18 Å². The minimum absolute atomic E-state index is 0.266. The standard InChI is InChI=1S/C18H18FN5O/c19-14-4-1-5-15(14)23-17-13(18(20)25)9-22-24-10-12(7-16(17)24)11-3-2-6-21-8-11/h2-3,6-10,14-15,23H,1,4-5H2,(H2,20,25)/t14-,15+/m0/s1. The fourth-order valence-corrected chi connectivity index (χ4v) is 3.35. The fourth-order valence-electron chi connectivity index (χ4n) is 3.35. The number of hydrogen-bond acceptors (Lipinski definition) is 4. The van der Waals surface area contributed by atoms with Gasteiger partial charge in [-0.25, -0.2) is 8.91 Å². The van der Waals surface area contributed by atoms with Gasteiger partial charge in [-0.2, -0.15) is 5.10 Å². The van der Waals surface area contributed by atoms with Crippen molar-refractivity contribution in [2.24, 2.45) is 5.73 Å². The highest BCUT2D eigenvalue weighted by Crippen LogP contribution is 2.31. The van der Waals surface area contributed by atoms with Gasteiger partial charge in [0.05, 0.1) is 29.0 Å². The zero-order valence-electron chi connectivity index (χ0n) is 13.5. The second kappa shape index (κ2) is 6.16. The lowest BCUT2D eigenvalue weighted by Crippen LogP contribution is -2.27. The first-order valence-electron chi connectivity index (χ1n) is 8.25. The maximum atomic E-state index is 14.1. The Kier molecular flexibility index (Phi) is 3.83. The lowest BCUT2D eigenvalue weighted by Gasteiger charge is -2.19. The molecular formula is C18H18FN5O. The molecule has 128 valence electrons. The lowest BCUT2D eigenvalue weighted by atomic mass is 10.1. The Morgan fingerprint density at radius 3 is 2.88 bits per heavy atom. The number of carbonyl (C=O) groups excluding carboxylic acids is 1. The van der Waals surface area contributed by atoms with Crippen LogP contribution in [0.5, 0.6) is 0 Å². The minimum atomic E-state index is -0.929. The van der Waals surface area contributed by atoms with Crippen molar-refractivity contribution >= 4 is 17.1 Å². The number of halogens is 1. The molecule has 1 aliphatic rings. The molecule has 4 rings (SSSR count). The van der Waals surface area contributed by atoms with E-state index in [1.54, 1.807) is 16.9 Å². The first-order chi connectivity index (χ1) is 12.1. The van der Waals surface area contributed by atoms with Crippen molar-refractivity contribution in [2.75, 3.05) is 5.32 Å². The van der Waals surface area contributed by atoms with Crippen LogP contribution >= 0.6 is 0 Å². The van der Waals surface area contributed by atoms with Crippen molar-refractivity contribution in [3.05, 3.63) is 48.5 Å². The van der Waals surface area contributed by atoms with Crippen LogP contribution in [-0.2, 0) is 0 Å². The van der Waals surface area contributed by atoms with E-state index in [-0.39, 0.29) is 11.6 Å². The van der Waals surface area contributed by atoms with Crippen molar-refractivity contribution in [2.45, 2.75) is 31.5 Å². The number of rotatable bonds is 4. The Morgan fingerprint density at radius 1 is 1.32 bits per heavy atom. The molecule has 1 fully saturated rings. The second-order valence-electron chi connectivity index (χ2n) is 6.30. The summed E-state index contributed by atoms with van der Waals surface area (Å²) in [6.45, 7) is 0. The zero-order valence-corrected chi connectivity index (χ0v) is 13.5. The van der Waals surface area contributed by atoms with Crippen LogP contribution < -0.4 is 11.1 Å². The van der Waals surface area contributed by atoms with Crippen LogP contribution in [0.15, 0.2) is 43.0 Å². The average Bonchev–Trinajstić information content (AvgIpc) is 3.22. The highest BCUT2D eigenvalue weighted by atomic mass is 19.1. The molecule has 3 aromatic rings. The smallest absolute Gasteiger partial charge is 0.252 e. The van der Waals surface area contributed by atoms with E-state index in [2.05, 4.69) is 15.4 Å². The molecule has 0 spiro atoms. The number of hydrogen-bond donors (Lipinski definition) is 2. The van der Waals surface area contributed by atoms with Gasteiger partial charge in [-0.3, -0.25) is 9.78 Å². The first-order valence-corrected chi connectivity index (χ1v) is 8.25. The number of amides is 1. The molecule has 1 aliphatic carbocycles. The van der Waals surface area contributed by atoms with Gasteiger partial charge in [0.25, 0.3) is 5.91 Å². The Hall–Kier alpha value is -2.96. The molecule has 0 aliphatic heterocycles. The number of nitrogens with zero attached hydrogens (tertiary/aromatic N) is 3. The number of alkyl halides is 1. The molecule has 25 heavy (non-hydrogen) atoms. The van der Waals surface area contributed by atoms with Gasteiger partial charge in [0.1, 0.15) is 6.17 Å². The number of carbonyl (C=O) groups is 1. The van der Waals surface area contributed by atoms with Crippen LogP contribution in [0.1, 0.15) is 29.6 Å². The molecule has 2 atom stereocenters. The summed E-state index contributed by atoms with van der Waals surface area (Å²) in [5.74, 6) is -0.588. The van der Waals surface area contributed by atoms with E-state index in [1.807, 2.05) is 24.4 Å². The van der Waals surface area contributed by atoms with Crippen LogP contribution in [0.2, 0.25) is 0 Å². The zero-order chi connectivity index (χ0) is 17.4. The van der Waals surface area contributed by atoms with E-state index in [4.69, 9.17) is 5.73 Å². The Bertz CT molecular complexity index is 924. The Morgan fingerprint density at radius 2 is 2.20 bits per heavy atom. The number of aromatic nitrogens is 3. The van der Waals surface area contributed by atoms with Crippen LogP contribution in [0.3, 0.4) is 0 Å². The fraction of sp³-hybridized carbons (Fsp3) is 0.278. The molecule has 7 heteroatoms. The topological polar surface area (TPSA) is 85.3 Å². The second-order valence-corrected chi connectivity index (χ2v) is 6.30. The van der Waals surface area contributed by atoms with Gasteiger partial charge >= 0.3 is 0 Å². The third-order valence-electron chi connectivity index (χ3n) is 4.66. The first kappa shape index (κ1) is 15.6. The third-order valence-corrected chi connectivity index (χ3v) is 4.66. The van der Waals surface area contributed by atoms with Crippen molar-refractivity contribution in [1.82, 2.24) is 14.6 Å². The molecular weight excluding hydrogens is 321 g/mol. The van der Waals surface area contributed by atoms with Gasteiger partial charge in [-0.15, -0.1) is 0 Å². The highest BCUT2D eigenvalue weighted by Gasteiger charge is 2.28. The SMILES string of the molecule is NC(=O)c1cnn2cc(-c3cccnc3)cc2c1N[C@@H]1CCC[C@@H]1F. The monoisotopic (exact) mass is 339 g/mol. The third kappa shape index (κ3) is 2.82. The average molecular weight is 339 g/mol. The highest BCUT2D eigenvalue weighted by molar-refractivity contribution is 6.02. The van der Waals surface area contributed by atoms with Crippen molar-refractivity contribution < 1.29 is 9.18 Å². The summed E-state index contributed by atoms with van der Waals surface area (Å²) in [4.78, 5) is 16.0. The largest absolute Gasteiger partial charge is 0.377 e. The molecule has 3 aromatic heterocycles. The summed E-state index contributed by atoms with van der Waals surface area (Å²) < 4.78 is 15.7. The number of nitrogens with one attached hydrogen (secondary N) is 1. The van der Waals surface area contributed by atoms with Crippen molar-refractivity contribution in [1.29, 1.82) is 0 Å². The molecule has 1 saturated carbocycles. The number of nitrogens with two attached hydrogens (primary N) is 1. The van der Waals surface area contributed by atoms with Crippen LogP contribution in [0, 0.1) is 0 Å². The molecule has 1 amide bonds. The van der Waals surface area contributed by atoms with E-state index >= 15 is 0 Å².